The van der Waals surface area contributed by atoms with Crippen LogP contribution in [0.3, 0.4) is 0 Å². The van der Waals surface area contributed by atoms with Crippen LogP contribution >= 0.6 is 0 Å². The number of pyridine rings is 3. The molecule has 0 saturated carbocycles. The highest BCUT2D eigenvalue weighted by Crippen LogP contribution is 2.37. The van der Waals surface area contributed by atoms with E-state index in [4.69, 9.17) is 9.51 Å². The van der Waals surface area contributed by atoms with E-state index in [1.807, 2.05) is 44.3 Å². The molecular formula is C24H21N5O2. The minimum atomic E-state index is -0.0229. The molecule has 0 fully saturated rings. The first-order valence-corrected chi connectivity index (χ1v) is 10.0. The van der Waals surface area contributed by atoms with Gasteiger partial charge in [-0.2, -0.15) is 0 Å². The molecule has 0 aliphatic carbocycles. The molecule has 5 aromatic heterocycles. The van der Waals surface area contributed by atoms with E-state index in [-0.39, 0.29) is 11.9 Å². The van der Waals surface area contributed by atoms with E-state index in [1.54, 1.807) is 18.5 Å². The van der Waals surface area contributed by atoms with Crippen LogP contribution in [0.25, 0.3) is 33.3 Å². The number of hydrogen-bond donors (Lipinski definition) is 1. The zero-order valence-electron chi connectivity index (χ0n) is 17.4. The summed E-state index contributed by atoms with van der Waals surface area (Å²) in [6, 6.07) is 11.5. The Labute approximate surface area is 179 Å². The van der Waals surface area contributed by atoms with Crippen molar-refractivity contribution in [3.8, 4) is 28.1 Å². The SMILES string of the molecule is Cc1noc(C)c1-c1cnc2c(c1)c(-c1ccnc(O)c1)cn2C(C)c1ccccn1. The van der Waals surface area contributed by atoms with Crippen LogP contribution < -0.4 is 0 Å². The normalized spacial score (nSPS) is 12.4. The van der Waals surface area contributed by atoms with Crippen molar-refractivity contribution < 1.29 is 9.63 Å². The van der Waals surface area contributed by atoms with E-state index >= 15 is 0 Å². The third kappa shape index (κ3) is 3.24. The molecule has 7 nitrogen and oxygen atoms in total. The Morgan fingerprint density at radius 2 is 1.87 bits per heavy atom. The topological polar surface area (TPSA) is 89.9 Å². The van der Waals surface area contributed by atoms with Crippen molar-refractivity contribution in [1.29, 1.82) is 0 Å². The van der Waals surface area contributed by atoms with Gasteiger partial charge in [0.25, 0.3) is 0 Å². The second-order valence-electron chi connectivity index (χ2n) is 7.58. The second kappa shape index (κ2) is 7.36. The molecule has 5 rings (SSSR count). The van der Waals surface area contributed by atoms with Gasteiger partial charge < -0.3 is 14.2 Å². The molecule has 0 aliphatic heterocycles. The fourth-order valence-corrected chi connectivity index (χ4v) is 4.04. The molecule has 154 valence electrons. The van der Waals surface area contributed by atoms with E-state index in [0.717, 1.165) is 50.4 Å². The summed E-state index contributed by atoms with van der Waals surface area (Å²) in [5.41, 5.74) is 6.30. The molecule has 0 amide bonds. The number of aryl methyl sites for hydroxylation is 2. The first kappa shape index (κ1) is 19.0. The van der Waals surface area contributed by atoms with E-state index < -0.39 is 0 Å². The van der Waals surface area contributed by atoms with Crippen molar-refractivity contribution in [2.45, 2.75) is 26.8 Å². The lowest BCUT2D eigenvalue weighted by molar-refractivity contribution is 0.393. The predicted octanol–water partition coefficient (Wildman–Crippen LogP) is 5.08. The lowest BCUT2D eigenvalue weighted by Crippen LogP contribution is -2.07. The number of aromatic hydroxyl groups is 1. The summed E-state index contributed by atoms with van der Waals surface area (Å²) >= 11 is 0. The van der Waals surface area contributed by atoms with Gasteiger partial charge in [0.05, 0.1) is 17.4 Å². The van der Waals surface area contributed by atoms with Crippen LogP contribution in [0.15, 0.2) is 65.7 Å². The first-order chi connectivity index (χ1) is 15.0. The molecule has 7 heteroatoms. The van der Waals surface area contributed by atoms with Gasteiger partial charge in [-0.15, -0.1) is 0 Å². The first-order valence-electron chi connectivity index (χ1n) is 10.0. The fourth-order valence-electron chi connectivity index (χ4n) is 4.04. The molecule has 1 atom stereocenters. The monoisotopic (exact) mass is 411 g/mol. The van der Waals surface area contributed by atoms with Gasteiger partial charge in [-0.3, -0.25) is 4.98 Å². The van der Waals surface area contributed by atoms with Crippen LogP contribution in [0.1, 0.15) is 30.1 Å². The van der Waals surface area contributed by atoms with Gasteiger partial charge in [-0.1, -0.05) is 11.2 Å². The third-order valence-corrected chi connectivity index (χ3v) is 5.58. The molecule has 0 aliphatic rings. The zero-order chi connectivity index (χ0) is 21.5. The highest BCUT2D eigenvalue weighted by Gasteiger charge is 2.20. The largest absolute Gasteiger partial charge is 0.493 e. The van der Waals surface area contributed by atoms with Gasteiger partial charge in [0.1, 0.15) is 11.4 Å². The number of aromatic nitrogens is 5. The summed E-state index contributed by atoms with van der Waals surface area (Å²) in [5.74, 6) is 0.731. The quantitative estimate of drug-likeness (QED) is 0.443. The molecule has 0 saturated heterocycles. The highest BCUT2D eigenvalue weighted by molar-refractivity contribution is 5.96. The minimum absolute atomic E-state index is 0.0222. The van der Waals surface area contributed by atoms with Gasteiger partial charge in [0.2, 0.25) is 5.88 Å². The molecule has 1 N–H and O–H groups in total. The van der Waals surface area contributed by atoms with Crippen molar-refractivity contribution in [3.05, 3.63) is 78.3 Å². The van der Waals surface area contributed by atoms with E-state index in [0.29, 0.717) is 0 Å². The molecule has 1 unspecified atom stereocenters. The highest BCUT2D eigenvalue weighted by atomic mass is 16.5. The van der Waals surface area contributed by atoms with Crippen molar-refractivity contribution in [2.75, 3.05) is 0 Å². The molecule has 0 aromatic carbocycles. The van der Waals surface area contributed by atoms with E-state index in [9.17, 15) is 5.11 Å². The number of fused-ring (bicyclic) bond motifs is 1. The molecule has 5 aromatic rings. The maximum Gasteiger partial charge on any atom is 0.211 e. The van der Waals surface area contributed by atoms with E-state index in [1.165, 1.54) is 0 Å². The Hall–Kier alpha value is -4.00. The van der Waals surface area contributed by atoms with Crippen LogP contribution in [0.4, 0.5) is 0 Å². The Kier molecular flexibility index (Phi) is 4.51. The molecule has 0 radical (unpaired) electrons. The number of rotatable bonds is 4. The smallest absolute Gasteiger partial charge is 0.211 e. The average molecular weight is 411 g/mol. The maximum absolute atomic E-state index is 9.95. The maximum atomic E-state index is 9.95. The Balaban J connectivity index is 1.76. The van der Waals surface area contributed by atoms with Crippen molar-refractivity contribution in [1.82, 2.24) is 24.7 Å². The molecule has 0 spiro atoms. The Morgan fingerprint density at radius 1 is 1.00 bits per heavy atom. The zero-order valence-corrected chi connectivity index (χ0v) is 17.4. The molecular weight excluding hydrogens is 390 g/mol. The van der Waals surface area contributed by atoms with Gasteiger partial charge in [0, 0.05) is 52.9 Å². The number of nitrogens with zero attached hydrogens (tertiary/aromatic N) is 5. The second-order valence-corrected chi connectivity index (χ2v) is 7.58. The summed E-state index contributed by atoms with van der Waals surface area (Å²) < 4.78 is 7.47. The lowest BCUT2D eigenvalue weighted by Gasteiger charge is -2.14. The van der Waals surface area contributed by atoms with Crippen molar-refractivity contribution in [3.63, 3.8) is 0 Å². The van der Waals surface area contributed by atoms with Gasteiger partial charge >= 0.3 is 0 Å². The molecule has 5 heterocycles. The van der Waals surface area contributed by atoms with Crippen LogP contribution in [-0.4, -0.2) is 29.8 Å². The fraction of sp³-hybridized carbons (Fsp3) is 0.167. The van der Waals surface area contributed by atoms with Crippen molar-refractivity contribution in [2.24, 2.45) is 0 Å². The summed E-state index contributed by atoms with van der Waals surface area (Å²) in [6.07, 6.45) is 7.30. The summed E-state index contributed by atoms with van der Waals surface area (Å²) in [6.45, 7) is 5.92. The van der Waals surface area contributed by atoms with Crippen LogP contribution in [0.2, 0.25) is 0 Å². The average Bonchev–Trinajstić information content (AvgIpc) is 3.33. The number of hydrogen-bond acceptors (Lipinski definition) is 6. The summed E-state index contributed by atoms with van der Waals surface area (Å²) in [7, 11) is 0. The van der Waals surface area contributed by atoms with Gasteiger partial charge in [0.15, 0.2) is 0 Å². The van der Waals surface area contributed by atoms with E-state index in [2.05, 4.69) is 38.9 Å². The van der Waals surface area contributed by atoms with Gasteiger partial charge in [-0.05, 0) is 50.6 Å². The lowest BCUT2D eigenvalue weighted by atomic mass is 10.0. The molecule has 0 bridgehead atoms. The van der Waals surface area contributed by atoms with Gasteiger partial charge in [-0.25, -0.2) is 9.97 Å². The standard InChI is InChI=1S/C24H21N5O2/c1-14-23(16(3)31-28-14)18-10-19-20(17-7-9-26-22(30)11-17)13-29(24(19)27-12-18)15(2)21-6-4-5-8-25-21/h4-13,15H,1-3H3,(H,26,30). The van der Waals surface area contributed by atoms with Crippen LogP contribution in [0.5, 0.6) is 5.88 Å². The predicted molar refractivity (Wildman–Crippen MR) is 118 cm³/mol. The van der Waals surface area contributed by atoms with Crippen LogP contribution in [-0.2, 0) is 0 Å². The van der Waals surface area contributed by atoms with Crippen molar-refractivity contribution >= 4 is 11.0 Å². The molecule has 31 heavy (non-hydrogen) atoms. The minimum Gasteiger partial charge on any atom is -0.493 e. The summed E-state index contributed by atoms with van der Waals surface area (Å²) in [4.78, 5) is 13.3. The summed E-state index contributed by atoms with van der Waals surface area (Å²) in [5, 5.41) is 15.0. The Morgan fingerprint density at radius 3 is 2.58 bits per heavy atom. The third-order valence-electron chi connectivity index (χ3n) is 5.58. The van der Waals surface area contributed by atoms with Crippen LogP contribution in [0, 0.1) is 13.8 Å². The Bertz CT molecular complexity index is 1370.